The van der Waals surface area contributed by atoms with Gasteiger partial charge in [-0.2, -0.15) is 10.2 Å². The lowest BCUT2D eigenvalue weighted by Crippen LogP contribution is -2.13. The van der Waals surface area contributed by atoms with Crippen molar-refractivity contribution in [1.29, 1.82) is 0 Å². The van der Waals surface area contributed by atoms with E-state index in [1.807, 2.05) is 6.07 Å². The second-order valence-electron chi connectivity index (χ2n) is 5.58. The Labute approximate surface area is 161 Å². The topological polar surface area (TPSA) is 77.6 Å². The minimum atomic E-state index is -0.423. The molecular weight excluding hydrogens is 415 g/mol. The van der Waals surface area contributed by atoms with Crippen LogP contribution in [0.5, 0.6) is 0 Å². The van der Waals surface area contributed by atoms with Gasteiger partial charge in [-0.05, 0) is 30.3 Å². The van der Waals surface area contributed by atoms with Crippen molar-refractivity contribution in [2.24, 2.45) is 0 Å². The van der Waals surface area contributed by atoms with Crippen molar-refractivity contribution in [3.8, 4) is 11.4 Å². The first-order valence-corrected chi connectivity index (χ1v) is 8.66. The van der Waals surface area contributed by atoms with E-state index in [0.717, 1.165) is 4.47 Å². The van der Waals surface area contributed by atoms with Crippen LogP contribution < -0.4 is 5.32 Å². The highest BCUT2D eigenvalue weighted by molar-refractivity contribution is 9.10. The molecule has 7 nitrogen and oxygen atoms in total. The molecular formula is C18H12BrFN6O. The van der Waals surface area contributed by atoms with Gasteiger partial charge < -0.3 is 5.32 Å². The zero-order valence-electron chi connectivity index (χ0n) is 13.8. The van der Waals surface area contributed by atoms with Crippen molar-refractivity contribution >= 4 is 27.5 Å². The standard InChI is InChI=1S/C18H12BrFN6O/c19-13-5-6-17(26-11-21-10-23-26)15(7-13)24-18(27)12-8-22-25(9-12)16-4-2-1-3-14(16)20/h1-11H,(H,24,27). The number of anilines is 1. The van der Waals surface area contributed by atoms with Crippen LogP contribution in [0, 0.1) is 5.82 Å². The van der Waals surface area contributed by atoms with Crippen molar-refractivity contribution in [2.45, 2.75) is 0 Å². The van der Waals surface area contributed by atoms with Crippen LogP contribution in [0.1, 0.15) is 10.4 Å². The Morgan fingerprint density at radius 2 is 1.93 bits per heavy atom. The summed E-state index contributed by atoms with van der Waals surface area (Å²) in [5, 5.41) is 11.0. The summed E-state index contributed by atoms with van der Waals surface area (Å²) >= 11 is 3.39. The van der Waals surface area contributed by atoms with Gasteiger partial charge in [0, 0.05) is 10.7 Å². The van der Waals surface area contributed by atoms with Gasteiger partial charge >= 0.3 is 0 Å². The van der Waals surface area contributed by atoms with E-state index in [1.165, 1.54) is 35.8 Å². The Kier molecular flexibility index (Phi) is 4.51. The fourth-order valence-electron chi connectivity index (χ4n) is 2.54. The lowest BCUT2D eigenvalue weighted by molar-refractivity contribution is 0.102. The van der Waals surface area contributed by atoms with Gasteiger partial charge in [0.1, 0.15) is 24.2 Å². The van der Waals surface area contributed by atoms with Gasteiger partial charge in [-0.15, -0.1) is 0 Å². The summed E-state index contributed by atoms with van der Waals surface area (Å²) < 4.78 is 17.6. The number of benzene rings is 2. The van der Waals surface area contributed by atoms with Gasteiger partial charge in [0.2, 0.25) is 0 Å². The number of hydrogen-bond acceptors (Lipinski definition) is 4. The van der Waals surface area contributed by atoms with Gasteiger partial charge in [0.25, 0.3) is 5.91 Å². The third kappa shape index (κ3) is 3.49. The highest BCUT2D eigenvalue weighted by atomic mass is 79.9. The molecule has 0 atom stereocenters. The second kappa shape index (κ2) is 7.12. The molecule has 1 amide bonds. The smallest absolute Gasteiger partial charge is 0.258 e. The molecule has 4 aromatic rings. The summed E-state index contributed by atoms with van der Waals surface area (Å²) in [5.41, 5.74) is 1.76. The molecule has 4 rings (SSSR count). The van der Waals surface area contributed by atoms with Crippen LogP contribution in [-0.4, -0.2) is 30.5 Å². The molecule has 0 unspecified atom stereocenters. The van der Waals surface area contributed by atoms with Crippen molar-refractivity contribution in [2.75, 3.05) is 5.32 Å². The summed E-state index contributed by atoms with van der Waals surface area (Å²) in [6.07, 6.45) is 5.80. The van der Waals surface area contributed by atoms with E-state index < -0.39 is 5.82 Å². The summed E-state index contributed by atoms with van der Waals surface area (Å²) in [4.78, 5) is 16.6. The fourth-order valence-corrected chi connectivity index (χ4v) is 2.91. The number of nitrogens with one attached hydrogen (secondary N) is 1. The molecule has 2 aromatic carbocycles. The quantitative estimate of drug-likeness (QED) is 0.540. The minimum Gasteiger partial charge on any atom is -0.320 e. The number of rotatable bonds is 4. The van der Waals surface area contributed by atoms with Crippen LogP contribution in [0.4, 0.5) is 10.1 Å². The molecule has 9 heteroatoms. The first kappa shape index (κ1) is 17.1. The zero-order valence-corrected chi connectivity index (χ0v) is 15.3. The van der Waals surface area contributed by atoms with Gasteiger partial charge in [-0.1, -0.05) is 28.1 Å². The van der Waals surface area contributed by atoms with E-state index >= 15 is 0 Å². The Morgan fingerprint density at radius 3 is 2.70 bits per heavy atom. The number of para-hydroxylation sites is 1. The molecule has 27 heavy (non-hydrogen) atoms. The Balaban J connectivity index is 1.63. The van der Waals surface area contributed by atoms with E-state index in [9.17, 15) is 9.18 Å². The third-order valence-corrected chi connectivity index (χ3v) is 4.31. The molecule has 2 heterocycles. The molecule has 0 aliphatic rings. The lowest BCUT2D eigenvalue weighted by Gasteiger charge is -2.10. The number of carbonyl (C=O) groups excluding carboxylic acids is 1. The van der Waals surface area contributed by atoms with Crippen LogP contribution in [0.25, 0.3) is 11.4 Å². The van der Waals surface area contributed by atoms with Crippen LogP contribution in [0.15, 0.2) is 72.0 Å². The average molecular weight is 427 g/mol. The maximum absolute atomic E-state index is 13.9. The maximum Gasteiger partial charge on any atom is 0.258 e. The first-order valence-electron chi connectivity index (χ1n) is 7.87. The number of halogens is 2. The van der Waals surface area contributed by atoms with E-state index in [0.29, 0.717) is 16.9 Å². The van der Waals surface area contributed by atoms with Crippen LogP contribution in [-0.2, 0) is 0 Å². The molecule has 0 radical (unpaired) electrons. The Hall–Kier alpha value is -3.33. The summed E-state index contributed by atoms with van der Waals surface area (Å²) in [6.45, 7) is 0. The third-order valence-electron chi connectivity index (χ3n) is 3.82. The SMILES string of the molecule is O=C(Nc1cc(Br)ccc1-n1cncn1)c1cnn(-c2ccccc2F)c1. The van der Waals surface area contributed by atoms with Gasteiger partial charge in [-0.3, -0.25) is 4.79 Å². The molecule has 134 valence electrons. The molecule has 0 saturated carbocycles. The Bertz CT molecular complexity index is 1110. The molecule has 0 bridgehead atoms. The van der Waals surface area contributed by atoms with E-state index in [-0.39, 0.29) is 11.6 Å². The summed E-state index contributed by atoms with van der Waals surface area (Å²) in [5.74, 6) is -0.801. The number of amides is 1. The molecule has 1 N–H and O–H groups in total. The molecule has 0 spiro atoms. The van der Waals surface area contributed by atoms with Crippen LogP contribution in [0.3, 0.4) is 0 Å². The normalized spacial score (nSPS) is 10.7. The van der Waals surface area contributed by atoms with E-state index in [4.69, 9.17) is 0 Å². The molecule has 0 aliphatic carbocycles. The zero-order chi connectivity index (χ0) is 18.8. The van der Waals surface area contributed by atoms with Crippen LogP contribution in [0.2, 0.25) is 0 Å². The largest absolute Gasteiger partial charge is 0.320 e. The number of aromatic nitrogens is 5. The predicted molar refractivity (Wildman–Crippen MR) is 101 cm³/mol. The molecule has 0 saturated heterocycles. The van der Waals surface area contributed by atoms with Crippen molar-refractivity contribution in [3.05, 3.63) is 83.4 Å². The minimum absolute atomic E-state index is 0.266. The van der Waals surface area contributed by atoms with Crippen LogP contribution >= 0.6 is 15.9 Å². The monoisotopic (exact) mass is 426 g/mol. The van der Waals surface area contributed by atoms with E-state index in [2.05, 4.69) is 36.4 Å². The molecule has 0 fully saturated rings. The van der Waals surface area contributed by atoms with Gasteiger partial charge in [-0.25, -0.2) is 18.7 Å². The first-order chi connectivity index (χ1) is 13.1. The molecule has 0 aliphatic heterocycles. The number of carbonyl (C=O) groups is 1. The summed E-state index contributed by atoms with van der Waals surface area (Å²) in [7, 11) is 0. The number of nitrogens with zero attached hydrogens (tertiary/aromatic N) is 5. The van der Waals surface area contributed by atoms with Gasteiger partial charge in [0.05, 0.1) is 23.1 Å². The van der Waals surface area contributed by atoms with E-state index in [1.54, 1.807) is 35.0 Å². The number of hydrogen-bond donors (Lipinski definition) is 1. The van der Waals surface area contributed by atoms with Crippen molar-refractivity contribution < 1.29 is 9.18 Å². The lowest BCUT2D eigenvalue weighted by atomic mass is 10.2. The average Bonchev–Trinajstić information content (AvgIpc) is 3.34. The predicted octanol–water partition coefficient (Wildman–Crippen LogP) is 3.61. The highest BCUT2D eigenvalue weighted by Crippen LogP contribution is 2.25. The highest BCUT2D eigenvalue weighted by Gasteiger charge is 2.14. The summed E-state index contributed by atoms with van der Waals surface area (Å²) in [6, 6.07) is 11.6. The molecule has 2 aromatic heterocycles. The van der Waals surface area contributed by atoms with Crippen molar-refractivity contribution in [3.63, 3.8) is 0 Å². The fraction of sp³-hybridized carbons (Fsp3) is 0. The van der Waals surface area contributed by atoms with Gasteiger partial charge in [0.15, 0.2) is 0 Å². The second-order valence-corrected chi connectivity index (χ2v) is 6.50. The maximum atomic E-state index is 13.9. The van der Waals surface area contributed by atoms with Crippen molar-refractivity contribution in [1.82, 2.24) is 24.5 Å². The Morgan fingerprint density at radius 1 is 1.07 bits per heavy atom.